The molecule has 0 aromatic heterocycles. The van der Waals surface area contributed by atoms with E-state index in [1.54, 1.807) is 0 Å². The van der Waals surface area contributed by atoms with Crippen molar-refractivity contribution in [3.8, 4) is 0 Å². The number of nitrogens with zero attached hydrogens (tertiary/aromatic N) is 1. The molecule has 0 radical (unpaired) electrons. The summed E-state index contributed by atoms with van der Waals surface area (Å²) in [5.41, 5.74) is 0.800. The third-order valence-electron chi connectivity index (χ3n) is 3.43. The molecule has 1 rings (SSSR count). The molecule has 0 fully saturated rings. The maximum atomic E-state index is 12.7. The highest BCUT2D eigenvalue weighted by Crippen LogP contribution is 2.27. The molecule has 1 aromatic carbocycles. The smallest absolute Gasteiger partial charge is 0.326 e. The Hall–Kier alpha value is -2.14. The molecule has 1 unspecified atom stereocenters. The van der Waals surface area contributed by atoms with Crippen molar-refractivity contribution in [1.29, 1.82) is 0 Å². The number of carbonyl (C=O) groups is 2. The van der Waals surface area contributed by atoms with E-state index in [-0.39, 0.29) is 12.5 Å². The number of hydrogen-bond donors (Lipinski definition) is 2. The van der Waals surface area contributed by atoms with Gasteiger partial charge in [0.1, 0.15) is 0 Å². The van der Waals surface area contributed by atoms with Crippen molar-refractivity contribution in [3.63, 3.8) is 0 Å². The van der Waals surface area contributed by atoms with Gasteiger partial charge in [0.2, 0.25) is 21.8 Å². The topological polar surface area (TPSA) is 95.6 Å². The number of anilines is 2. The third kappa shape index (κ3) is 5.99. The minimum Gasteiger partial charge on any atom is -0.326 e. The van der Waals surface area contributed by atoms with Crippen molar-refractivity contribution in [2.75, 3.05) is 23.7 Å². The Labute approximate surface area is 149 Å². The van der Waals surface area contributed by atoms with E-state index in [2.05, 4.69) is 10.6 Å². The molecule has 0 saturated heterocycles. The molecule has 0 bridgehead atoms. The van der Waals surface area contributed by atoms with E-state index in [0.29, 0.717) is 22.6 Å². The van der Waals surface area contributed by atoms with Crippen LogP contribution in [0.3, 0.4) is 0 Å². The summed E-state index contributed by atoms with van der Waals surface area (Å²) < 4.78 is 62.7. The number of rotatable bonds is 7. The number of nitrogens with one attached hydrogen (secondary N) is 2. The Morgan fingerprint density at radius 3 is 1.96 bits per heavy atom. The molecule has 2 amide bonds. The minimum absolute atomic E-state index is 0.274. The summed E-state index contributed by atoms with van der Waals surface area (Å²) in [4.78, 5) is 22.9. The van der Waals surface area contributed by atoms with Gasteiger partial charge in [0.25, 0.3) is 0 Å². The van der Waals surface area contributed by atoms with Crippen LogP contribution in [0, 0.1) is 0 Å². The molecule has 2 N–H and O–H groups in total. The van der Waals surface area contributed by atoms with Gasteiger partial charge >= 0.3 is 6.18 Å². The maximum absolute atomic E-state index is 12.7. The molecule has 0 aliphatic carbocycles. The highest BCUT2D eigenvalue weighted by Gasteiger charge is 2.47. The summed E-state index contributed by atoms with van der Waals surface area (Å²) in [7, 11) is -4.72. The predicted molar refractivity (Wildman–Crippen MR) is 91.1 cm³/mol. The first-order valence-electron chi connectivity index (χ1n) is 7.61. The van der Waals surface area contributed by atoms with Gasteiger partial charge in [-0.15, -0.1) is 0 Å². The highest BCUT2D eigenvalue weighted by atomic mass is 32.2. The van der Waals surface area contributed by atoms with Gasteiger partial charge in [0, 0.05) is 24.8 Å². The molecule has 7 nitrogen and oxygen atoms in total. The molecular formula is C15H20F3N3O4S. The summed E-state index contributed by atoms with van der Waals surface area (Å²) in [6, 6.07) is 5.95. The van der Waals surface area contributed by atoms with Crippen molar-refractivity contribution in [1.82, 2.24) is 4.31 Å². The SMILES string of the molecule is CCN(CC(=O)Nc1ccc(NC(C)=O)cc1)S(=O)(=O)C(C)C(F)(F)F. The molecule has 11 heteroatoms. The van der Waals surface area contributed by atoms with E-state index in [9.17, 15) is 31.2 Å². The van der Waals surface area contributed by atoms with Gasteiger partial charge < -0.3 is 10.6 Å². The lowest BCUT2D eigenvalue weighted by Gasteiger charge is -2.25. The van der Waals surface area contributed by atoms with Crippen molar-refractivity contribution in [2.45, 2.75) is 32.2 Å². The average molecular weight is 395 g/mol. The summed E-state index contributed by atoms with van der Waals surface area (Å²) >= 11 is 0. The fourth-order valence-corrected chi connectivity index (χ4v) is 3.42. The molecule has 1 aromatic rings. The molecule has 0 aliphatic heterocycles. The van der Waals surface area contributed by atoms with Crippen molar-refractivity contribution in [3.05, 3.63) is 24.3 Å². The van der Waals surface area contributed by atoms with Crippen LogP contribution in [0.15, 0.2) is 24.3 Å². The van der Waals surface area contributed by atoms with Crippen LogP contribution in [0.25, 0.3) is 0 Å². The Morgan fingerprint density at radius 2 is 1.58 bits per heavy atom. The van der Waals surface area contributed by atoms with Crippen molar-refractivity contribution >= 4 is 33.2 Å². The van der Waals surface area contributed by atoms with Gasteiger partial charge in [-0.05, 0) is 31.2 Å². The maximum Gasteiger partial charge on any atom is 0.406 e. The van der Waals surface area contributed by atoms with E-state index < -0.39 is 33.9 Å². The van der Waals surface area contributed by atoms with Gasteiger partial charge in [-0.2, -0.15) is 17.5 Å². The fraction of sp³-hybridized carbons (Fsp3) is 0.467. The van der Waals surface area contributed by atoms with Crippen LogP contribution in [0.1, 0.15) is 20.8 Å². The van der Waals surface area contributed by atoms with Crippen molar-refractivity contribution in [2.24, 2.45) is 0 Å². The number of sulfonamides is 1. The molecule has 0 spiro atoms. The van der Waals surface area contributed by atoms with Crippen LogP contribution >= 0.6 is 0 Å². The zero-order valence-electron chi connectivity index (χ0n) is 14.4. The number of halogens is 3. The third-order valence-corrected chi connectivity index (χ3v) is 5.70. The molecule has 1 atom stereocenters. The Bertz CT molecular complexity index is 748. The number of hydrogen-bond acceptors (Lipinski definition) is 4. The molecule has 0 saturated carbocycles. The first kappa shape index (κ1) is 21.9. The van der Waals surface area contributed by atoms with Crippen LogP contribution in [-0.4, -0.2) is 49.1 Å². The lowest BCUT2D eigenvalue weighted by atomic mass is 10.2. The van der Waals surface area contributed by atoms with Crippen LogP contribution in [-0.2, 0) is 19.6 Å². The summed E-state index contributed by atoms with van der Waals surface area (Å²) in [6.45, 7) is 2.19. The number of likely N-dealkylation sites (N-methyl/N-ethyl adjacent to an activating group) is 1. The molecular weight excluding hydrogens is 375 g/mol. The Kier molecular flexibility index (Phi) is 7.16. The molecule has 146 valence electrons. The summed E-state index contributed by atoms with van der Waals surface area (Å²) in [5.74, 6) is -1.05. The zero-order valence-corrected chi connectivity index (χ0v) is 15.2. The zero-order chi connectivity index (χ0) is 20.1. The van der Waals surface area contributed by atoms with Gasteiger partial charge in [-0.3, -0.25) is 9.59 Å². The predicted octanol–water partition coefficient (Wildman–Crippen LogP) is 2.19. The lowest BCUT2D eigenvalue weighted by Crippen LogP contribution is -2.47. The summed E-state index contributed by atoms with van der Waals surface area (Å²) in [6.07, 6.45) is -4.93. The van der Waals surface area contributed by atoms with E-state index >= 15 is 0 Å². The lowest BCUT2D eigenvalue weighted by molar-refractivity contribution is -0.128. The largest absolute Gasteiger partial charge is 0.406 e. The van der Waals surface area contributed by atoms with E-state index in [1.165, 1.54) is 38.1 Å². The van der Waals surface area contributed by atoms with Gasteiger partial charge in [-0.1, -0.05) is 6.92 Å². The fourth-order valence-electron chi connectivity index (χ4n) is 1.98. The number of amides is 2. The molecule has 26 heavy (non-hydrogen) atoms. The first-order chi connectivity index (χ1) is 11.9. The minimum atomic E-state index is -4.93. The van der Waals surface area contributed by atoms with Crippen LogP contribution < -0.4 is 10.6 Å². The normalized spacial score (nSPS) is 13.3. The molecule has 0 aliphatic rings. The summed E-state index contributed by atoms with van der Waals surface area (Å²) in [5, 5.41) is 2.31. The van der Waals surface area contributed by atoms with E-state index in [0.717, 1.165) is 0 Å². The standard InChI is InChI=1S/C15H20F3N3O4S/c1-4-21(26(24,25)10(2)15(16,17)18)9-14(23)20-13-7-5-12(6-8-13)19-11(3)22/h5-8,10H,4,9H2,1-3H3,(H,19,22)(H,20,23). The van der Waals surface area contributed by atoms with Gasteiger partial charge in [-0.25, -0.2) is 8.42 Å². The van der Waals surface area contributed by atoms with Crippen molar-refractivity contribution < 1.29 is 31.2 Å². The highest BCUT2D eigenvalue weighted by molar-refractivity contribution is 7.89. The van der Waals surface area contributed by atoms with Gasteiger partial charge in [0.05, 0.1) is 6.54 Å². The van der Waals surface area contributed by atoms with E-state index in [4.69, 9.17) is 0 Å². The first-order valence-corrected chi connectivity index (χ1v) is 9.11. The second kappa shape index (κ2) is 8.49. The van der Waals surface area contributed by atoms with Crippen LogP contribution in [0.5, 0.6) is 0 Å². The van der Waals surface area contributed by atoms with Crippen LogP contribution in [0.4, 0.5) is 24.5 Å². The Balaban J connectivity index is 2.80. The Morgan fingerprint density at radius 1 is 1.12 bits per heavy atom. The molecule has 0 heterocycles. The second-order valence-electron chi connectivity index (χ2n) is 5.46. The quantitative estimate of drug-likeness (QED) is 0.740. The van der Waals surface area contributed by atoms with E-state index in [1.807, 2.05) is 0 Å². The number of alkyl halides is 3. The van der Waals surface area contributed by atoms with Crippen LogP contribution in [0.2, 0.25) is 0 Å². The number of benzene rings is 1. The average Bonchev–Trinajstić information content (AvgIpc) is 2.52. The van der Waals surface area contributed by atoms with Gasteiger partial charge in [0.15, 0.2) is 5.25 Å². The monoisotopic (exact) mass is 395 g/mol. The number of carbonyl (C=O) groups excluding carboxylic acids is 2. The second-order valence-corrected chi connectivity index (χ2v) is 7.72.